The molecule has 2 unspecified atom stereocenters. The van der Waals surface area contributed by atoms with Crippen molar-refractivity contribution in [3.05, 3.63) is 70.8 Å². The summed E-state index contributed by atoms with van der Waals surface area (Å²) in [6.45, 7) is 4.49. The lowest BCUT2D eigenvalue weighted by Gasteiger charge is -2.23. The normalized spacial score (nSPS) is 19.2. The summed E-state index contributed by atoms with van der Waals surface area (Å²) >= 11 is 0. The number of benzene rings is 1. The summed E-state index contributed by atoms with van der Waals surface area (Å²) in [5, 5.41) is 7.63. The van der Waals surface area contributed by atoms with Gasteiger partial charge in [0.15, 0.2) is 0 Å². The van der Waals surface area contributed by atoms with Crippen molar-refractivity contribution in [1.29, 1.82) is 0 Å². The highest BCUT2D eigenvalue weighted by Gasteiger charge is 2.32. The van der Waals surface area contributed by atoms with E-state index in [1.807, 2.05) is 6.92 Å². The molecule has 9 heteroatoms. The molecule has 0 bridgehead atoms. The van der Waals surface area contributed by atoms with E-state index in [2.05, 4.69) is 55.7 Å². The Morgan fingerprint density at radius 3 is 2.58 bits per heavy atom. The number of piperidine rings is 1. The smallest absolute Gasteiger partial charge is 0.261 e. The second-order valence-corrected chi connectivity index (χ2v) is 12.8. The van der Waals surface area contributed by atoms with Crippen LogP contribution in [0.2, 0.25) is 0 Å². The van der Waals surface area contributed by atoms with Crippen LogP contribution in [0.1, 0.15) is 44.1 Å². The van der Waals surface area contributed by atoms with Gasteiger partial charge in [0.05, 0.1) is 11.3 Å². The van der Waals surface area contributed by atoms with Gasteiger partial charge in [0.25, 0.3) is 5.56 Å². The number of aromatic nitrogens is 4. The third-order valence-corrected chi connectivity index (χ3v) is 10.1. The lowest BCUT2D eigenvalue weighted by Crippen LogP contribution is -2.28. The van der Waals surface area contributed by atoms with Crippen LogP contribution in [-0.4, -0.2) is 47.9 Å². The molecular formula is C29H32N6O2S. The van der Waals surface area contributed by atoms with Crippen molar-refractivity contribution in [3.63, 3.8) is 0 Å². The maximum Gasteiger partial charge on any atom is 0.261 e. The molecular weight excluding hydrogens is 496 g/mol. The van der Waals surface area contributed by atoms with E-state index in [0.29, 0.717) is 40.2 Å². The van der Waals surface area contributed by atoms with Crippen LogP contribution in [0.4, 0.5) is 11.6 Å². The van der Waals surface area contributed by atoms with Crippen molar-refractivity contribution < 1.29 is 4.21 Å². The highest BCUT2D eigenvalue weighted by molar-refractivity contribution is 8.01. The SMILES string of the molecule is C=S(=O)(c1ccc(-c2cc3cnc(Nc4ccc(C5CCCNC5)cc4)nc3n(CC)c2=O)nc1)C1CC1. The minimum Gasteiger partial charge on any atom is -0.324 e. The van der Waals surface area contributed by atoms with Gasteiger partial charge in [-0.15, -0.1) is 0 Å². The largest absolute Gasteiger partial charge is 0.324 e. The molecule has 2 N–H and O–H groups in total. The van der Waals surface area contributed by atoms with Crippen LogP contribution < -0.4 is 16.2 Å². The third kappa shape index (κ3) is 4.72. The molecule has 8 nitrogen and oxygen atoms in total. The second-order valence-electron chi connectivity index (χ2n) is 10.2. The van der Waals surface area contributed by atoms with Crippen molar-refractivity contribution in [2.24, 2.45) is 0 Å². The number of aryl methyl sites for hydroxylation is 1. The van der Waals surface area contributed by atoms with E-state index < -0.39 is 9.52 Å². The minimum atomic E-state index is -2.34. The summed E-state index contributed by atoms with van der Waals surface area (Å²) in [6.07, 6.45) is 7.62. The van der Waals surface area contributed by atoms with Crippen LogP contribution in [0, 0.1) is 0 Å². The van der Waals surface area contributed by atoms with Gasteiger partial charge in [0.1, 0.15) is 5.65 Å². The van der Waals surface area contributed by atoms with Crippen molar-refractivity contribution in [1.82, 2.24) is 24.8 Å². The van der Waals surface area contributed by atoms with Crippen LogP contribution in [-0.2, 0) is 16.1 Å². The van der Waals surface area contributed by atoms with E-state index in [4.69, 9.17) is 0 Å². The molecule has 6 rings (SSSR count). The van der Waals surface area contributed by atoms with Gasteiger partial charge in [-0.1, -0.05) is 12.1 Å². The van der Waals surface area contributed by atoms with Gasteiger partial charge < -0.3 is 10.6 Å². The van der Waals surface area contributed by atoms with E-state index in [9.17, 15) is 9.00 Å². The quantitative estimate of drug-likeness (QED) is 0.345. The van der Waals surface area contributed by atoms with Crippen molar-refractivity contribution in [2.75, 3.05) is 18.4 Å². The van der Waals surface area contributed by atoms with Crippen LogP contribution in [0.25, 0.3) is 22.3 Å². The predicted molar refractivity (Wildman–Crippen MR) is 154 cm³/mol. The summed E-state index contributed by atoms with van der Waals surface area (Å²) in [4.78, 5) is 27.8. The van der Waals surface area contributed by atoms with E-state index in [-0.39, 0.29) is 10.8 Å². The number of nitrogens with zero attached hydrogens (tertiary/aromatic N) is 4. The average Bonchev–Trinajstić information content (AvgIpc) is 3.81. The summed E-state index contributed by atoms with van der Waals surface area (Å²) in [5.74, 6) is 4.94. The topological polar surface area (TPSA) is 102 Å². The first-order valence-corrected chi connectivity index (χ1v) is 15.0. The van der Waals surface area contributed by atoms with E-state index in [0.717, 1.165) is 37.0 Å². The van der Waals surface area contributed by atoms with Crippen molar-refractivity contribution in [2.45, 2.75) is 55.2 Å². The molecule has 196 valence electrons. The van der Waals surface area contributed by atoms with Crippen LogP contribution in [0.5, 0.6) is 0 Å². The molecule has 1 saturated carbocycles. The Kier molecular flexibility index (Phi) is 6.49. The first-order valence-electron chi connectivity index (χ1n) is 13.2. The molecule has 1 aliphatic carbocycles. The molecule has 4 aromatic rings. The lowest BCUT2D eigenvalue weighted by molar-refractivity contribution is 0.461. The van der Waals surface area contributed by atoms with E-state index in [1.165, 1.54) is 18.4 Å². The molecule has 0 spiro atoms. The number of pyridine rings is 2. The highest BCUT2D eigenvalue weighted by atomic mass is 32.2. The zero-order chi connectivity index (χ0) is 26.3. The third-order valence-electron chi connectivity index (χ3n) is 7.55. The molecule has 1 saturated heterocycles. The van der Waals surface area contributed by atoms with E-state index >= 15 is 0 Å². The molecule has 4 heterocycles. The molecule has 0 radical (unpaired) electrons. The summed E-state index contributed by atoms with van der Waals surface area (Å²) in [7, 11) is -2.34. The zero-order valence-corrected chi connectivity index (χ0v) is 22.3. The van der Waals surface area contributed by atoms with Gasteiger partial charge in [-0.25, -0.2) is 4.98 Å². The maximum atomic E-state index is 13.4. The Hall–Kier alpha value is -3.56. The number of nitrogens with one attached hydrogen (secondary N) is 2. The van der Waals surface area contributed by atoms with Gasteiger partial charge in [-0.2, -0.15) is 4.98 Å². The fourth-order valence-electron chi connectivity index (χ4n) is 5.19. The van der Waals surface area contributed by atoms with Crippen LogP contribution in [0.15, 0.2) is 64.5 Å². The molecule has 2 atom stereocenters. The fraction of sp³-hybridized carbons (Fsp3) is 0.345. The van der Waals surface area contributed by atoms with E-state index in [1.54, 1.807) is 35.2 Å². The van der Waals surface area contributed by atoms with Crippen LogP contribution in [0.3, 0.4) is 0 Å². The molecule has 2 fully saturated rings. The van der Waals surface area contributed by atoms with Gasteiger partial charge in [0.2, 0.25) is 5.95 Å². The predicted octanol–water partition coefficient (Wildman–Crippen LogP) is 4.32. The molecule has 3 aromatic heterocycles. The molecule has 0 amide bonds. The first kappa shape index (κ1) is 24.8. The van der Waals surface area contributed by atoms with Gasteiger partial charge in [-0.3, -0.25) is 18.6 Å². The van der Waals surface area contributed by atoms with Crippen molar-refractivity contribution in [3.8, 4) is 11.3 Å². The Balaban J connectivity index is 1.28. The Labute approximate surface area is 222 Å². The van der Waals surface area contributed by atoms with Gasteiger partial charge in [0, 0.05) is 56.2 Å². The fourth-order valence-corrected chi connectivity index (χ4v) is 7.00. The molecule has 38 heavy (non-hydrogen) atoms. The number of hydrogen-bond donors (Lipinski definition) is 2. The maximum absolute atomic E-state index is 13.4. The summed E-state index contributed by atoms with van der Waals surface area (Å²) in [5.41, 5.74) is 3.62. The molecule has 1 aliphatic heterocycles. The Morgan fingerprint density at radius 2 is 1.92 bits per heavy atom. The number of rotatable bonds is 7. The Bertz CT molecular complexity index is 1640. The average molecular weight is 529 g/mol. The number of hydrogen-bond acceptors (Lipinski definition) is 7. The lowest BCUT2D eigenvalue weighted by atomic mass is 9.92. The van der Waals surface area contributed by atoms with Gasteiger partial charge >= 0.3 is 0 Å². The first-order chi connectivity index (χ1) is 18.4. The second kappa shape index (κ2) is 9.96. The number of anilines is 2. The standard InChI is InChI=1S/C29H32N6O2S/c1-3-35-27-21(15-25(28(35)36)26-13-12-24(18-31-26)38(2,37)23-10-11-23)17-32-29(34-27)33-22-8-6-19(7-9-22)20-5-4-14-30-16-20/h6-9,12-13,15,17-18,20,23,30H,2-5,10-11,14,16H2,1H3,(H,32,33,34). The minimum absolute atomic E-state index is 0.139. The van der Waals surface area contributed by atoms with Crippen molar-refractivity contribution >= 4 is 38.1 Å². The monoisotopic (exact) mass is 528 g/mol. The zero-order valence-electron chi connectivity index (χ0n) is 21.5. The van der Waals surface area contributed by atoms with Gasteiger partial charge in [-0.05, 0) is 86.8 Å². The van der Waals surface area contributed by atoms with Crippen LogP contribution >= 0.6 is 0 Å². The highest BCUT2D eigenvalue weighted by Crippen LogP contribution is 2.33. The molecule has 2 aliphatic rings. The summed E-state index contributed by atoms with van der Waals surface area (Å²) < 4.78 is 14.6. The Morgan fingerprint density at radius 1 is 1.11 bits per heavy atom. The summed E-state index contributed by atoms with van der Waals surface area (Å²) in [6, 6.07) is 13.7. The molecule has 1 aromatic carbocycles. The number of fused-ring (bicyclic) bond motifs is 1.